The standard InChI is InChI=1S/C21H15N3O4S/c1-28-18-10-9-14(21-23-16-7-2-3-8-19(16)29-21)12-17(18)22-20(25)13-5-4-6-15(11-13)24(26)27/h2-12H,1H3,(H,22,25). The van der Waals surface area contributed by atoms with Crippen molar-refractivity contribution in [2.24, 2.45) is 0 Å². The number of hydrogen-bond donors (Lipinski definition) is 1. The third kappa shape index (κ3) is 3.78. The van der Waals surface area contributed by atoms with Gasteiger partial charge in [-0.2, -0.15) is 0 Å². The summed E-state index contributed by atoms with van der Waals surface area (Å²) < 4.78 is 6.42. The Kier molecular flexibility index (Phi) is 4.92. The maximum Gasteiger partial charge on any atom is 0.270 e. The number of nitro benzene ring substituents is 1. The molecular weight excluding hydrogens is 390 g/mol. The number of benzene rings is 3. The molecule has 0 saturated heterocycles. The van der Waals surface area contributed by atoms with Crippen LogP contribution >= 0.6 is 11.3 Å². The Bertz CT molecular complexity index is 1200. The second kappa shape index (κ2) is 7.69. The zero-order chi connectivity index (χ0) is 20.4. The van der Waals surface area contributed by atoms with E-state index in [0.29, 0.717) is 11.4 Å². The second-order valence-electron chi connectivity index (χ2n) is 6.16. The van der Waals surface area contributed by atoms with Crippen LogP contribution in [0.1, 0.15) is 10.4 Å². The Morgan fingerprint density at radius 2 is 1.93 bits per heavy atom. The first-order valence-corrected chi connectivity index (χ1v) is 9.46. The molecule has 0 bridgehead atoms. The lowest BCUT2D eigenvalue weighted by Gasteiger charge is -2.11. The van der Waals surface area contributed by atoms with Crippen LogP contribution in [-0.4, -0.2) is 22.9 Å². The van der Waals surface area contributed by atoms with E-state index in [0.717, 1.165) is 20.8 Å². The molecule has 0 aliphatic rings. The molecule has 144 valence electrons. The maximum absolute atomic E-state index is 12.6. The molecule has 4 aromatic rings. The average molecular weight is 405 g/mol. The van der Waals surface area contributed by atoms with Crippen LogP contribution in [0.25, 0.3) is 20.8 Å². The van der Waals surface area contributed by atoms with E-state index in [-0.39, 0.29) is 11.3 Å². The number of anilines is 1. The van der Waals surface area contributed by atoms with Gasteiger partial charge in [0.05, 0.1) is 27.9 Å². The predicted octanol–water partition coefficient (Wildman–Crippen LogP) is 5.13. The molecule has 0 unspecified atom stereocenters. The van der Waals surface area contributed by atoms with Crippen LogP contribution in [0.3, 0.4) is 0 Å². The summed E-state index contributed by atoms with van der Waals surface area (Å²) in [6.07, 6.45) is 0. The van der Waals surface area contributed by atoms with E-state index in [1.165, 1.54) is 31.4 Å². The van der Waals surface area contributed by atoms with E-state index in [9.17, 15) is 14.9 Å². The zero-order valence-electron chi connectivity index (χ0n) is 15.3. The number of non-ortho nitro benzene ring substituents is 1. The number of carbonyl (C=O) groups is 1. The minimum absolute atomic E-state index is 0.146. The topological polar surface area (TPSA) is 94.4 Å². The zero-order valence-corrected chi connectivity index (χ0v) is 16.1. The van der Waals surface area contributed by atoms with E-state index >= 15 is 0 Å². The minimum atomic E-state index is -0.537. The molecule has 0 fully saturated rings. The summed E-state index contributed by atoms with van der Waals surface area (Å²) in [6, 6.07) is 18.8. The minimum Gasteiger partial charge on any atom is -0.495 e. The molecule has 0 aliphatic carbocycles. The van der Waals surface area contributed by atoms with Crippen molar-refractivity contribution in [3.8, 4) is 16.3 Å². The summed E-state index contributed by atoms with van der Waals surface area (Å²) >= 11 is 1.55. The van der Waals surface area contributed by atoms with Crippen molar-refractivity contribution >= 4 is 38.8 Å². The number of nitro groups is 1. The Labute approximate surface area is 169 Å². The first-order valence-electron chi connectivity index (χ1n) is 8.65. The molecule has 0 atom stereocenters. The number of aromatic nitrogens is 1. The molecule has 0 spiro atoms. The average Bonchev–Trinajstić information content (AvgIpc) is 3.18. The fraction of sp³-hybridized carbons (Fsp3) is 0.0476. The molecule has 8 heteroatoms. The highest BCUT2D eigenvalue weighted by atomic mass is 32.1. The number of ether oxygens (including phenoxy) is 1. The third-order valence-corrected chi connectivity index (χ3v) is 5.39. The molecular formula is C21H15N3O4S. The van der Waals surface area contributed by atoms with Crippen molar-refractivity contribution in [2.45, 2.75) is 0 Å². The highest BCUT2D eigenvalue weighted by molar-refractivity contribution is 7.21. The van der Waals surface area contributed by atoms with Gasteiger partial charge in [0.1, 0.15) is 10.8 Å². The maximum atomic E-state index is 12.6. The molecule has 0 radical (unpaired) electrons. The Morgan fingerprint density at radius 1 is 1.10 bits per heavy atom. The van der Waals surface area contributed by atoms with Crippen molar-refractivity contribution in [3.63, 3.8) is 0 Å². The number of amides is 1. The van der Waals surface area contributed by atoms with Crippen LogP contribution in [0, 0.1) is 10.1 Å². The van der Waals surface area contributed by atoms with Gasteiger partial charge in [-0.05, 0) is 36.4 Å². The molecule has 29 heavy (non-hydrogen) atoms. The molecule has 1 amide bonds. The number of methoxy groups -OCH3 is 1. The first-order chi connectivity index (χ1) is 14.0. The van der Waals surface area contributed by atoms with Crippen LogP contribution in [0.5, 0.6) is 5.75 Å². The summed E-state index contributed by atoms with van der Waals surface area (Å²) in [7, 11) is 1.51. The largest absolute Gasteiger partial charge is 0.495 e. The van der Waals surface area contributed by atoms with Gasteiger partial charge in [-0.15, -0.1) is 11.3 Å². The van der Waals surface area contributed by atoms with Gasteiger partial charge < -0.3 is 10.1 Å². The Morgan fingerprint density at radius 3 is 2.69 bits per heavy atom. The van der Waals surface area contributed by atoms with Gasteiger partial charge in [0.15, 0.2) is 0 Å². The Balaban J connectivity index is 1.67. The van der Waals surface area contributed by atoms with Gasteiger partial charge in [0, 0.05) is 23.3 Å². The summed E-state index contributed by atoms with van der Waals surface area (Å²) in [5.74, 6) is 0.0158. The number of thiazole rings is 1. The summed E-state index contributed by atoms with van der Waals surface area (Å²) in [6.45, 7) is 0. The van der Waals surface area contributed by atoms with E-state index in [1.54, 1.807) is 23.5 Å². The molecule has 3 aromatic carbocycles. The number of para-hydroxylation sites is 1. The number of carbonyl (C=O) groups excluding carboxylic acids is 1. The van der Waals surface area contributed by atoms with E-state index in [4.69, 9.17) is 4.74 Å². The molecule has 1 N–H and O–H groups in total. The highest BCUT2D eigenvalue weighted by Crippen LogP contribution is 2.35. The van der Waals surface area contributed by atoms with E-state index in [2.05, 4.69) is 10.3 Å². The normalized spacial score (nSPS) is 10.7. The van der Waals surface area contributed by atoms with E-state index in [1.807, 2.05) is 30.3 Å². The van der Waals surface area contributed by atoms with Crippen molar-refractivity contribution < 1.29 is 14.5 Å². The van der Waals surface area contributed by atoms with Crippen molar-refractivity contribution in [1.82, 2.24) is 4.98 Å². The lowest BCUT2D eigenvalue weighted by atomic mass is 10.1. The molecule has 0 saturated carbocycles. The number of hydrogen-bond acceptors (Lipinski definition) is 6. The van der Waals surface area contributed by atoms with Crippen LogP contribution in [0.15, 0.2) is 66.7 Å². The van der Waals surface area contributed by atoms with Gasteiger partial charge in [0.2, 0.25) is 0 Å². The van der Waals surface area contributed by atoms with Gasteiger partial charge in [-0.3, -0.25) is 14.9 Å². The smallest absolute Gasteiger partial charge is 0.270 e. The molecule has 1 aromatic heterocycles. The predicted molar refractivity (Wildman–Crippen MR) is 113 cm³/mol. The SMILES string of the molecule is COc1ccc(-c2nc3ccccc3s2)cc1NC(=O)c1cccc([N+](=O)[O-])c1. The van der Waals surface area contributed by atoms with Crippen molar-refractivity contribution in [1.29, 1.82) is 0 Å². The summed E-state index contributed by atoms with van der Waals surface area (Å²) in [5.41, 5.74) is 2.24. The van der Waals surface area contributed by atoms with Crippen molar-refractivity contribution in [3.05, 3.63) is 82.4 Å². The van der Waals surface area contributed by atoms with Gasteiger partial charge >= 0.3 is 0 Å². The van der Waals surface area contributed by atoms with Crippen LogP contribution in [0.2, 0.25) is 0 Å². The quantitative estimate of drug-likeness (QED) is 0.367. The van der Waals surface area contributed by atoms with Crippen LogP contribution in [0.4, 0.5) is 11.4 Å². The fourth-order valence-corrected chi connectivity index (χ4v) is 3.85. The van der Waals surface area contributed by atoms with Gasteiger partial charge in [-0.25, -0.2) is 4.98 Å². The number of nitrogens with one attached hydrogen (secondary N) is 1. The first kappa shape index (κ1) is 18.6. The monoisotopic (exact) mass is 405 g/mol. The number of nitrogens with zero attached hydrogens (tertiary/aromatic N) is 2. The molecule has 4 rings (SSSR count). The van der Waals surface area contributed by atoms with Gasteiger partial charge in [0.25, 0.3) is 11.6 Å². The fourth-order valence-electron chi connectivity index (χ4n) is 2.89. The lowest BCUT2D eigenvalue weighted by molar-refractivity contribution is -0.384. The summed E-state index contributed by atoms with van der Waals surface area (Å²) in [5, 5.41) is 14.6. The molecule has 7 nitrogen and oxygen atoms in total. The van der Waals surface area contributed by atoms with Crippen molar-refractivity contribution in [2.75, 3.05) is 12.4 Å². The lowest BCUT2D eigenvalue weighted by Crippen LogP contribution is -2.13. The molecule has 1 heterocycles. The Hall–Kier alpha value is -3.78. The highest BCUT2D eigenvalue weighted by Gasteiger charge is 2.15. The third-order valence-electron chi connectivity index (χ3n) is 4.31. The van der Waals surface area contributed by atoms with Gasteiger partial charge in [-0.1, -0.05) is 18.2 Å². The van der Waals surface area contributed by atoms with Crippen LogP contribution < -0.4 is 10.1 Å². The second-order valence-corrected chi connectivity index (χ2v) is 7.19. The number of fused-ring (bicyclic) bond motifs is 1. The summed E-state index contributed by atoms with van der Waals surface area (Å²) in [4.78, 5) is 27.7. The number of rotatable bonds is 5. The molecule has 0 aliphatic heterocycles. The van der Waals surface area contributed by atoms with Crippen LogP contribution in [-0.2, 0) is 0 Å². The van der Waals surface area contributed by atoms with E-state index < -0.39 is 10.8 Å².